The van der Waals surface area contributed by atoms with Gasteiger partial charge in [-0.25, -0.2) is 0 Å². The summed E-state index contributed by atoms with van der Waals surface area (Å²) in [6.45, 7) is 11.9. The van der Waals surface area contributed by atoms with Gasteiger partial charge in [-0.3, -0.25) is 9.10 Å². The molecule has 0 spiro atoms. The van der Waals surface area contributed by atoms with Crippen molar-refractivity contribution in [1.29, 1.82) is 0 Å². The fourth-order valence-corrected chi connectivity index (χ4v) is 6.99. The number of unbranched alkanes of at least 4 members (excludes halogenated alkanes) is 11. The Hall–Kier alpha value is -0.180. The quantitative estimate of drug-likeness (QED) is 0.227. The van der Waals surface area contributed by atoms with Gasteiger partial charge in [0.25, 0.3) is 0 Å². The third-order valence-electron chi connectivity index (χ3n) is 8.29. The highest BCUT2D eigenvalue weighted by molar-refractivity contribution is 7.97. The zero-order valence-electron chi connectivity index (χ0n) is 19.5. The fourth-order valence-electron chi connectivity index (χ4n) is 5.29. The van der Waals surface area contributed by atoms with E-state index in [-0.39, 0.29) is 5.41 Å². The first-order chi connectivity index (χ1) is 13.3. The van der Waals surface area contributed by atoms with Crippen molar-refractivity contribution >= 4 is 17.9 Å². The average molecular weight is 410 g/mol. The number of hydrogen-bond acceptors (Lipinski definition) is 2. The summed E-state index contributed by atoms with van der Waals surface area (Å²) in [5.74, 6) is 2.21. The Morgan fingerprint density at radius 1 is 0.893 bits per heavy atom. The first-order valence-electron chi connectivity index (χ1n) is 12.3. The second kappa shape index (κ2) is 11.3. The van der Waals surface area contributed by atoms with E-state index >= 15 is 0 Å². The van der Waals surface area contributed by atoms with E-state index in [4.69, 9.17) is 0 Å². The number of fused-ring (bicyclic) bond motifs is 1. The molecule has 1 aliphatic heterocycles. The van der Waals surface area contributed by atoms with Gasteiger partial charge in [0, 0.05) is 17.6 Å². The van der Waals surface area contributed by atoms with Crippen molar-refractivity contribution in [2.24, 2.45) is 16.7 Å². The predicted molar refractivity (Wildman–Crippen MR) is 124 cm³/mol. The predicted octanol–water partition coefficient (Wildman–Crippen LogP) is 8.01. The Balaban J connectivity index is 1.53. The Morgan fingerprint density at radius 2 is 1.39 bits per heavy atom. The highest BCUT2D eigenvalue weighted by Gasteiger charge is 2.61. The Bertz CT molecular complexity index is 477. The lowest BCUT2D eigenvalue weighted by atomic mass is 9.66. The maximum atomic E-state index is 12.8. The fraction of sp³-hybridized carbons (Fsp3) is 0.960. The molecule has 2 nitrogen and oxygen atoms in total. The van der Waals surface area contributed by atoms with Gasteiger partial charge < -0.3 is 0 Å². The lowest BCUT2D eigenvalue weighted by Gasteiger charge is -2.39. The molecule has 1 saturated carbocycles. The van der Waals surface area contributed by atoms with Crippen molar-refractivity contribution in [3.8, 4) is 0 Å². The van der Waals surface area contributed by atoms with E-state index in [0.29, 0.717) is 23.3 Å². The monoisotopic (exact) mass is 409 g/mol. The molecule has 0 aromatic carbocycles. The van der Waals surface area contributed by atoms with E-state index in [1.807, 2.05) is 11.9 Å². The molecular weight excluding hydrogens is 362 g/mol. The van der Waals surface area contributed by atoms with Crippen LogP contribution in [0, 0.1) is 16.7 Å². The molecule has 1 saturated heterocycles. The van der Waals surface area contributed by atoms with Crippen LogP contribution in [0.2, 0.25) is 0 Å². The second-order valence-electron chi connectivity index (χ2n) is 10.4. The zero-order valence-corrected chi connectivity index (χ0v) is 20.3. The van der Waals surface area contributed by atoms with Crippen LogP contribution in [-0.2, 0) is 4.79 Å². The van der Waals surface area contributed by atoms with Crippen LogP contribution in [0.1, 0.15) is 125 Å². The van der Waals surface area contributed by atoms with E-state index < -0.39 is 0 Å². The zero-order chi connectivity index (χ0) is 20.6. The number of hydrogen-bond donors (Lipinski definition) is 0. The van der Waals surface area contributed by atoms with Crippen LogP contribution >= 0.6 is 11.9 Å². The van der Waals surface area contributed by atoms with Crippen molar-refractivity contribution in [1.82, 2.24) is 4.31 Å². The van der Waals surface area contributed by atoms with Gasteiger partial charge in [0.15, 0.2) is 0 Å². The van der Waals surface area contributed by atoms with Gasteiger partial charge in [0.05, 0.1) is 6.04 Å². The molecule has 3 heteroatoms. The normalized spacial score (nSPS) is 28.7. The van der Waals surface area contributed by atoms with Gasteiger partial charge in [-0.2, -0.15) is 0 Å². The molecule has 2 rings (SSSR count). The van der Waals surface area contributed by atoms with E-state index in [1.165, 1.54) is 77.0 Å². The van der Waals surface area contributed by atoms with Crippen molar-refractivity contribution in [3.05, 3.63) is 0 Å². The third kappa shape index (κ3) is 5.70. The molecule has 0 aromatic rings. The molecule has 0 aromatic heterocycles. The molecule has 164 valence electrons. The molecule has 1 heterocycles. The van der Waals surface area contributed by atoms with E-state index in [9.17, 15) is 4.79 Å². The Labute approximate surface area is 180 Å². The average Bonchev–Trinajstić information content (AvgIpc) is 3.08. The van der Waals surface area contributed by atoms with Crippen LogP contribution in [0.3, 0.4) is 0 Å². The Kier molecular flexibility index (Phi) is 9.70. The van der Waals surface area contributed by atoms with Gasteiger partial charge in [-0.15, -0.1) is 0 Å². The highest BCUT2D eigenvalue weighted by atomic mass is 32.2. The molecule has 3 atom stereocenters. The molecule has 0 N–H and O–H groups in total. The van der Waals surface area contributed by atoms with Crippen LogP contribution in [0.15, 0.2) is 0 Å². The van der Waals surface area contributed by atoms with Crippen molar-refractivity contribution in [2.45, 2.75) is 131 Å². The molecule has 2 fully saturated rings. The minimum atomic E-state index is 0.281. The summed E-state index contributed by atoms with van der Waals surface area (Å²) in [4.78, 5) is 12.8. The second-order valence-corrected chi connectivity index (χ2v) is 11.4. The van der Waals surface area contributed by atoms with Crippen LogP contribution < -0.4 is 0 Å². The molecule has 28 heavy (non-hydrogen) atoms. The number of amides is 1. The van der Waals surface area contributed by atoms with Crippen molar-refractivity contribution in [2.75, 3.05) is 5.75 Å². The minimum Gasteiger partial charge on any atom is -0.283 e. The maximum absolute atomic E-state index is 12.8. The summed E-state index contributed by atoms with van der Waals surface area (Å²) < 4.78 is 2.18. The number of carbonyl (C=O) groups excluding carboxylic acids is 1. The lowest BCUT2D eigenvalue weighted by Crippen LogP contribution is -2.42. The van der Waals surface area contributed by atoms with Gasteiger partial charge in [0.1, 0.15) is 0 Å². The minimum absolute atomic E-state index is 0.281. The smallest absolute Gasteiger partial charge is 0.232 e. The van der Waals surface area contributed by atoms with Crippen LogP contribution in [0.5, 0.6) is 0 Å². The van der Waals surface area contributed by atoms with E-state index in [0.717, 1.165) is 18.6 Å². The molecule has 2 aliphatic rings. The summed E-state index contributed by atoms with van der Waals surface area (Å²) in [5, 5.41) is 0. The molecule has 1 amide bonds. The first kappa shape index (κ1) is 24.1. The van der Waals surface area contributed by atoms with Crippen LogP contribution in [0.25, 0.3) is 0 Å². The van der Waals surface area contributed by atoms with Gasteiger partial charge >= 0.3 is 0 Å². The summed E-state index contributed by atoms with van der Waals surface area (Å²) >= 11 is 1.81. The van der Waals surface area contributed by atoms with Gasteiger partial charge in [-0.1, -0.05) is 105 Å². The summed E-state index contributed by atoms with van der Waals surface area (Å²) in [6.07, 6.45) is 18.2. The van der Waals surface area contributed by atoms with Gasteiger partial charge in [0.2, 0.25) is 5.91 Å². The van der Waals surface area contributed by atoms with E-state index in [1.54, 1.807) is 0 Å². The van der Waals surface area contributed by atoms with E-state index in [2.05, 4.69) is 38.9 Å². The Morgan fingerprint density at radius 3 is 1.93 bits per heavy atom. The molecule has 0 unspecified atom stereocenters. The standard InChI is InChI=1S/C25H47NOS/c1-6-7-8-9-10-11-12-13-14-15-16-17-18-23(27)26-22-19-21(2)24(3,4)25(22,5)20-28-26/h21-22H,6-20H2,1-5H3/t21-,22-,25-/m1/s1. The summed E-state index contributed by atoms with van der Waals surface area (Å²) in [7, 11) is 0. The first-order valence-corrected chi connectivity index (χ1v) is 13.2. The van der Waals surface area contributed by atoms with Crippen molar-refractivity contribution in [3.63, 3.8) is 0 Å². The molecule has 0 bridgehead atoms. The molecule has 0 radical (unpaired) electrons. The summed E-state index contributed by atoms with van der Waals surface area (Å²) in [6, 6.07) is 0.451. The SMILES string of the molecule is CCCCCCCCCCCCCCC(=O)N1SC[C@]2(C)[C@H]1C[C@@H](C)C2(C)C. The largest absolute Gasteiger partial charge is 0.283 e. The maximum Gasteiger partial charge on any atom is 0.232 e. The van der Waals surface area contributed by atoms with Crippen molar-refractivity contribution < 1.29 is 4.79 Å². The van der Waals surface area contributed by atoms with Crippen LogP contribution in [0.4, 0.5) is 0 Å². The van der Waals surface area contributed by atoms with Crippen LogP contribution in [-0.4, -0.2) is 22.0 Å². The number of carbonyl (C=O) groups is 1. The molecular formula is C25H47NOS. The number of nitrogens with zero attached hydrogens (tertiary/aromatic N) is 1. The number of rotatable bonds is 13. The lowest BCUT2D eigenvalue weighted by molar-refractivity contribution is -0.128. The molecule has 1 aliphatic carbocycles. The highest BCUT2D eigenvalue weighted by Crippen LogP contribution is 2.63. The summed E-state index contributed by atoms with van der Waals surface area (Å²) in [5.41, 5.74) is 0.610. The van der Waals surface area contributed by atoms with Gasteiger partial charge in [-0.05, 0) is 36.1 Å². The third-order valence-corrected chi connectivity index (χ3v) is 9.76. The topological polar surface area (TPSA) is 20.3 Å².